The lowest BCUT2D eigenvalue weighted by atomic mass is 10.1. The van der Waals surface area contributed by atoms with E-state index >= 15 is 0 Å². The third kappa shape index (κ3) is 2.63. The van der Waals surface area contributed by atoms with Crippen LogP contribution in [0.5, 0.6) is 0 Å². The topological polar surface area (TPSA) is 20.3 Å². The van der Waals surface area contributed by atoms with Gasteiger partial charge in [-0.25, -0.2) is 0 Å². The fourth-order valence-corrected chi connectivity index (χ4v) is 2.45. The molecular formula is C14H18ClNO. The second-order valence-electron chi connectivity index (χ2n) is 4.91. The average Bonchev–Trinajstić information content (AvgIpc) is 3.10. The number of anilines is 1. The number of rotatable bonds is 4. The molecule has 0 N–H and O–H groups in total. The molecular weight excluding hydrogens is 234 g/mol. The Morgan fingerprint density at radius 3 is 2.59 bits per heavy atom. The van der Waals surface area contributed by atoms with E-state index in [0.29, 0.717) is 16.6 Å². The summed E-state index contributed by atoms with van der Waals surface area (Å²) in [6, 6.07) is 6.21. The van der Waals surface area contributed by atoms with E-state index in [-0.39, 0.29) is 5.78 Å². The lowest BCUT2D eigenvalue weighted by Crippen LogP contribution is -2.30. The van der Waals surface area contributed by atoms with E-state index in [1.54, 1.807) is 0 Å². The van der Waals surface area contributed by atoms with Gasteiger partial charge in [0.05, 0.1) is 5.02 Å². The van der Waals surface area contributed by atoms with Gasteiger partial charge in [0, 0.05) is 24.3 Å². The smallest absolute Gasteiger partial charge is 0.161 e. The number of benzene rings is 1. The van der Waals surface area contributed by atoms with Crippen LogP contribution >= 0.6 is 11.6 Å². The Bertz CT molecular complexity index is 440. The van der Waals surface area contributed by atoms with Gasteiger partial charge in [-0.2, -0.15) is 0 Å². The molecule has 0 heterocycles. The summed E-state index contributed by atoms with van der Waals surface area (Å²) < 4.78 is 0. The van der Waals surface area contributed by atoms with Gasteiger partial charge in [0.2, 0.25) is 0 Å². The molecule has 1 aromatic carbocycles. The average molecular weight is 252 g/mol. The maximum Gasteiger partial charge on any atom is 0.161 e. The largest absolute Gasteiger partial charge is 0.372 e. The predicted molar refractivity (Wildman–Crippen MR) is 72.0 cm³/mol. The maximum absolute atomic E-state index is 11.3. The lowest BCUT2D eigenvalue weighted by Gasteiger charge is -2.27. The summed E-state index contributed by atoms with van der Waals surface area (Å²) in [6.07, 6.45) is 2.65. The van der Waals surface area contributed by atoms with Crippen molar-refractivity contribution in [3.8, 4) is 0 Å². The highest BCUT2D eigenvalue weighted by molar-refractivity contribution is 6.34. The standard InChI is InChI=1S/C14H18ClNO/c1-9(11-4-5-11)16(3)12-6-7-13(10(2)17)14(15)8-12/h6-9,11H,4-5H2,1-3H3. The second kappa shape index (κ2) is 4.69. The van der Waals surface area contributed by atoms with Gasteiger partial charge in [0.1, 0.15) is 0 Å². The Morgan fingerprint density at radius 1 is 1.47 bits per heavy atom. The SMILES string of the molecule is CC(=O)c1ccc(N(C)C(C)C2CC2)cc1Cl. The molecule has 1 aromatic rings. The van der Waals surface area contributed by atoms with Crippen LogP contribution < -0.4 is 4.90 Å². The number of hydrogen-bond donors (Lipinski definition) is 0. The maximum atomic E-state index is 11.3. The Morgan fingerprint density at radius 2 is 2.12 bits per heavy atom. The Kier molecular flexibility index (Phi) is 3.43. The van der Waals surface area contributed by atoms with Gasteiger partial charge in [0.25, 0.3) is 0 Å². The number of hydrogen-bond acceptors (Lipinski definition) is 2. The normalized spacial score (nSPS) is 16.7. The van der Waals surface area contributed by atoms with Crippen molar-refractivity contribution in [3.05, 3.63) is 28.8 Å². The van der Waals surface area contributed by atoms with E-state index in [1.165, 1.54) is 19.8 Å². The zero-order valence-corrected chi connectivity index (χ0v) is 11.3. The van der Waals surface area contributed by atoms with Crippen molar-refractivity contribution in [3.63, 3.8) is 0 Å². The summed E-state index contributed by atoms with van der Waals surface area (Å²) in [7, 11) is 2.09. The number of carbonyl (C=O) groups excluding carboxylic acids is 1. The van der Waals surface area contributed by atoms with E-state index < -0.39 is 0 Å². The minimum absolute atomic E-state index is 0.0134. The van der Waals surface area contributed by atoms with Crippen molar-refractivity contribution in [2.45, 2.75) is 32.7 Å². The third-order valence-electron chi connectivity index (χ3n) is 3.65. The van der Waals surface area contributed by atoms with E-state index in [1.807, 2.05) is 18.2 Å². The lowest BCUT2D eigenvalue weighted by molar-refractivity contribution is 0.101. The van der Waals surface area contributed by atoms with Crippen LogP contribution in [-0.2, 0) is 0 Å². The minimum atomic E-state index is 0.0134. The zero-order valence-electron chi connectivity index (χ0n) is 10.5. The van der Waals surface area contributed by atoms with E-state index in [0.717, 1.165) is 11.6 Å². The van der Waals surface area contributed by atoms with Crippen molar-refractivity contribution in [1.82, 2.24) is 0 Å². The monoisotopic (exact) mass is 251 g/mol. The van der Waals surface area contributed by atoms with E-state index in [9.17, 15) is 4.79 Å². The number of nitrogens with zero attached hydrogens (tertiary/aromatic N) is 1. The minimum Gasteiger partial charge on any atom is -0.372 e. The Labute approximate surface area is 108 Å². The number of halogens is 1. The van der Waals surface area contributed by atoms with Crippen LogP contribution in [0.4, 0.5) is 5.69 Å². The first-order chi connectivity index (χ1) is 8.00. The van der Waals surface area contributed by atoms with Gasteiger partial charge < -0.3 is 4.90 Å². The van der Waals surface area contributed by atoms with Crippen LogP contribution in [0.15, 0.2) is 18.2 Å². The molecule has 1 atom stereocenters. The molecule has 17 heavy (non-hydrogen) atoms. The van der Waals surface area contributed by atoms with Gasteiger partial charge in [-0.1, -0.05) is 11.6 Å². The fourth-order valence-electron chi connectivity index (χ4n) is 2.14. The molecule has 0 amide bonds. The zero-order chi connectivity index (χ0) is 12.6. The van der Waals surface area contributed by atoms with Gasteiger partial charge in [-0.05, 0) is 50.8 Å². The third-order valence-corrected chi connectivity index (χ3v) is 3.97. The molecule has 2 rings (SSSR count). The van der Waals surface area contributed by atoms with Crippen molar-refractivity contribution >= 4 is 23.1 Å². The van der Waals surface area contributed by atoms with Crippen LogP contribution in [-0.4, -0.2) is 18.9 Å². The van der Waals surface area contributed by atoms with Crippen LogP contribution in [0.3, 0.4) is 0 Å². The molecule has 1 saturated carbocycles. The number of ketones is 1. The molecule has 0 radical (unpaired) electrons. The Hall–Kier alpha value is -1.02. The molecule has 1 aliphatic rings. The summed E-state index contributed by atoms with van der Waals surface area (Å²) in [5.41, 5.74) is 1.68. The first-order valence-corrected chi connectivity index (χ1v) is 6.42. The molecule has 1 unspecified atom stereocenters. The van der Waals surface area contributed by atoms with Crippen molar-refractivity contribution in [2.75, 3.05) is 11.9 Å². The molecule has 0 aromatic heterocycles. The summed E-state index contributed by atoms with van der Waals surface area (Å²) in [5.74, 6) is 0.825. The van der Waals surface area contributed by atoms with Crippen LogP contribution in [0.1, 0.15) is 37.0 Å². The quantitative estimate of drug-likeness (QED) is 0.759. The molecule has 3 heteroatoms. The summed E-state index contributed by atoms with van der Waals surface area (Å²) in [5, 5.41) is 0.546. The number of Topliss-reactive ketones (excluding diaryl/α,β-unsaturated/α-hetero) is 1. The van der Waals surface area contributed by atoms with Crippen molar-refractivity contribution in [1.29, 1.82) is 0 Å². The molecule has 0 aliphatic heterocycles. The van der Waals surface area contributed by atoms with Crippen LogP contribution in [0.2, 0.25) is 5.02 Å². The Balaban J connectivity index is 2.21. The highest BCUT2D eigenvalue weighted by atomic mass is 35.5. The molecule has 2 nitrogen and oxygen atoms in total. The predicted octanol–water partition coefficient (Wildman–Crippen LogP) is 3.78. The first-order valence-electron chi connectivity index (χ1n) is 6.04. The number of carbonyl (C=O) groups is 1. The van der Waals surface area contributed by atoms with Crippen molar-refractivity contribution < 1.29 is 4.79 Å². The first kappa shape index (κ1) is 12.4. The van der Waals surface area contributed by atoms with Gasteiger partial charge in [-0.3, -0.25) is 4.79 Å². The molecule has 92 valence electrons. The van der Waals surface area contributed by atoms with Crippen LogP contribution in [0, 0.1) is 5.92 Å². The fraction of sp³-hybridized carbons (Fsp3) is 0.500. The molecule has 0 saturated heterocycles. The highest BCUT2D eigenvalue weighted by Gasteiger charge is 2.30. The highest BCUT2D eigenvalue weighted by Crippen LogP contribution is 2.36. The van der Waals surface area contributed by atoms with Gasteiger partial charge >= 0.3 is 0 Å². The second-order valence-corrected chi connectivity index (χ2v) is 5.32. The van der Waals surface area contributed by atoms with Crippen LogP contribution in [0.25, 0.3) is 0 Å². The van der Waals surface area contributed by atoms with Gasteiger partial charge in [0.15, 0.2) is 5.78 Å². The summed E-state index contributed by atoms with van der Waals surface area (Å²) in [4.78, 5) is 13.5. The summed E-state index contributed by atoms with van der Waals surface area (Å²) >= 11 is 6.12. The van der Waals surface area contributed by atoms with E-state index in [2.05, 4.69) is 18.9 Å². The van der Waals surface area contributed by atoms with Gasteiger partial charge in [-0.15, -0.1) is 0 Å². The summed E-state index contributed by atoms with van der Waals surface area (Å²) in [6.45, 7) is 3.78. The molecule has 1 aliphatic carbocycles. The molecule has 0 spiro atoms. The molecule has 1 fully saturated rings. The van der Waals surface area contributed by atoms with Crippen molar-refractivity contribution in [2.24, 2.45) is 5.92 Å². The van der Waals surface area contributed by atoms with E-state index in [4.69, 9.17) is 11.6 Å². The molecule has 0 bridgehead atoms.